The van der Waals surface area contributed by atoms with E-state index in [2.05, 4.69) is 5.32 Å². The maximum absolute atomic E-state index is 13.9. The molecule has 4 aliphatic rings. The average molecular weight is 444 g/mol. The first-order valence-electron chi connectivity index (χ1n) is 11.7. The molecular weight excluding hydrogens is 413 g/mol. The Morgan fingerprint density at radius 1 is 0.935 bits per heavy atom. The van der Waals surface area contributed by atoms with Crippen molar-refractivity contribution in [1.29, 1.82) is 0 Å². The molecule has 4 saturated carbocycles. The zero-order valence-electron chi connectivity index (χ0n) is 18.1. The smallest absolute Gasteiger partial charge is 0.163 e. The van der Waals surface area contributed by atoms with Gasteiger partial charge in [0, 0.05) is 29.2 Å². The van der Waals surface area contributed by atoms with E-state index >= 15 is 0 Å². The summed E-state index contributed by atoms with van der Waals surface area (Å²) in [5.41, 5.74) is 1.53. The molecule has 0 heterocycles. The summed E-state index contributed by atoms with van der Waals surface area (Å²) in [5.74, 6) is 4.52. The molecule has 4 fully saturated rings. The van der Waals surface area contributed by atoms with Gasteiger partial charge in [0.2, 0.25) is 0 Å². The van der Waals surface area contributed by atoms with Crippen molar-refractivity contribution in [3.8, 4) is 11.5 Å². The van der Waals surface area contributed by atoms with Gasteiger partial charge in [-0.15, -0.1) is 0 Å². The molecule has 0 aliphatic heterocycles. The third-order valence-corrected chi connectivity index (χ3v) is 7.86. The lowest BCUT2D eigenvalue weighted by Crippen LogP contribution is -2.54. The number of ether oxygens (including phenoxy) is 2. The second-order valence-electron chi connectivity index (χ2n) is 9.54. The zero-order valence-corrected chi connectivity index (χ0v) is 18.8. The average Bonchev–Trinajstić information content (AvgIpc) is 2.74. The Hall–Kier alpha value is -1.78. The van der Waals surface area contributed by atoms with Gasteiger partial charge in [-0.1, -0.05) is 29.8 Å². The van der Waals surface area contributed by atoms with Crippen LogP contribution in [0, 0.1) is 29.5 Å². The van der Waals surface area contributed by atoms with E-state index in [0.717, 1.165) is 35.8 Å². The second kappa shape index (κ2) is 8.99. The highest BCUT2D eigenvalue weighted by Gasteiger charge is 2.47. The molecular formula is C26H31ClFNO2. The SMILES string of the molecule is CCOc1cc(CNC2C3CC4CC(C3)CC2C4)c(Cl)cc1OCc1ccccc1F. The number of nitrogens with one attached hydrogen (secondary N) is 1. The Morgan fingerprint density at radius 3 is 2.29 bits per heavy atom. The molecule has 4 bridgehead atoms. The molecule has 6 rings (SSSR count). The minimum Gasteiger partial charge on any atom is -0.490 e. The Morgan fingerprint density at radius 2 is 1.61 bits per heavy atom. The molecule has 0 amide bonds. The molecule has 0 saturated heterocycles. The number of hydrogen-bond donors (Lipinski definition) is 1. The summed E-state index contributed by atoms with van der Waals surface area (Å²) in [5, 5.41) is 4.50. The largest absolute Gasteiger partial charge is 0.490 e. The van der Waals surface area contributed by atoms with E-state index in [4.69, 9.17) is 21.1 Å². The van der Waals surface area contributed by atoms with Gasteiger partial charge in [-0.3, -0.25) is 0 Å². The lowest BCUT2D eigenvalue weighted by atomic mass is 9.54. The molecule has 31 heavy (non-hydrogen) atoms. The quantitative estimate of drug-likeness (QED) is 0.514. The predicted molar refractivity (Wildman–Crippen MR) is 121 cm³/mol. The Labute approximate surface area is 189 Å². The minimum atomic E-state index is -0.275. The van der Waals surface area contributed by atoms with Gasteiger partial charge < -0.3 is 14.8 Å². The first kappa shape index (κ1) is 21.1. The van der Waals surface area contributed by atoms with E-state index in [-0.39, 0.29) is 12.4 Å². The topological polar surface area (TPSA) is 30.5 Å². The number of hydrogen-bond acceptors (Lipinski definition) is 3. The molecule has 0 aromatic heterocycles. The Kier molecular flexibility index (Phi) is 6.12. The van der Waals surface area contributed by atoms with E-state index in [9.17, 15) is 4.39 Å². The number of benzene rings is 2. The van der Waals surface area contributed by atoms with Gasteiger partial charge in [-0.25, -0.2) is 4.39 Å². The summed E-state index contributed by atoms with van der Waals surface area (Å²) in [7, 11) is 0. The van der Waals surface area contributed by atoms with Crippen LogP contribution in [0.4, 0.5) is 4.39 Å². The summed E-state index contributed by atoms with van der Waals surface area (Å²) < 4.78 is 25.7. The van der Waals surface area contributed by atoms with Crippen LogP contribution in [0.5, 0.6) is 11.5 Å². The van der Waals surface area contributed by atoms with Crippen molar-refractivity contribution in [2.75, 3.05) is 6.61 Å². The zero-order chi connectivity index (χ0) is 21.4. The molecule has 0 spiro atoms. The second-order valence-corrected chi connectivity index (χ2v) is 9.95. The molecule has 2 aromatic rings. The molecule has 0 radical (unpaired) electrons. The monoisotopic (exact) mass is 443 g/mol. The summed E-state index contributed by atoms with van der Waals surface area (Å²) >= 11 is 6.63. The fourth-order valence-corrected chi connectivity index (χ4v) is 6.57. The number of halogens is 2. The molecule has 5 heteroatoms. The fourth-order valence-electron chi connectivity index (χ4n) is 6.35. The molecule has 166 valence electrons. The molecule has 2 aromatic carbocycles. The highest BCUT2D eigenvalue weighted by atomic mass is 35.5. The van der Waals surface area contributed by atoms with Crippen molar-refractivity contribution in [2.24, 2.45) is 23.7 Å². The van der Waals surface area contributed by atoms with Crippen LogP contribution in [0.15, 0.2) is 36.4 Å². The molecule has 3 nitrogen and oxygen atoms in total. The van der Waals surface area contributed by atoms with Crippen LogP contribution in [-0.4, -0.2) is 12.6 Å². The summed E-state index contributed by atoms with van der Waals surface area (Å²) in [6, 6.07) is 11.0. The minimum absolute atomic E-state index is 0.133. The Balaban J connectivity index is 1.28. The summed E-state index contributed by atoms with van der Waals surface area (Å²) in [6.07, 6.45) is 7.05. The van der Waals surface area contributed by atoms with Crippen LogP contribution in [0.25, 0.3) is 0 Å². The van der Waals surface area contributed by atoms with E-state index in [0.29, 0.717) is 34.7 Å². The van der Waals surface area contributed by atoms with Crippen LogP contribution in [0.3, 0.4) is 0 Å². The fraction of sp³-hybridized carbons (Fsp3) is 0.538. The highest BCUT2D eigenvalue weighted by Crippen LogP contribution is 2.53. The van der Waals surface area contributed by atoms with Crippen molar-refractivity contribution in [2.45, 2.75) is 58.2 Å². The van der Waals surface area contributed by atoms with Crippen molar-refractivity contribution in [3.63, 3.8) is 0 Å². The van der Waals surface area contributed by atoms with Gasteiger partial charge in [0.15, 0.2) is 11.5 Å². The van der Waals surface area contributed by atoms with Crippen molar-refractivity contribution >= 4 is 11.6 Å². The van der Waals surface area contributed by atoms with E-state index in [1.807, 2.05) is 13.0 Å². The van der Waals surface area contributed by atoms with Crippen molar-refractivity contribution in [1.82, 2.24) is 5.32 Å². The third kappa shape index (κ3) is 4.42. The first-order chi connectivity index (χ1) is 15.1. The first-order valence-corrected chi connectivity index (χ1v) is 12.0. The predicted octanol–water partition coefficient (Wildman–Crippen LogP) is 6.37. The standard InChI is InChI=1S/C26H31ClFNO2/c1-2-30-24-12-21(14-29-26-19-8-16-7-17(10-19)11-20(26)9-16)22(27)13-25(24)31-15-18-5-3-4-6-23(18)28/h3-6,12-13,16-17,19-20,26,29H,2,7-11,14-15H2,1H3. The molecule has 0 atom stereocenters. The third-order valence-electron chi connectivity index (χ3n) is 7.51. The van der Waals surface area contributed by atoms with Crippen LogP contribution in [0.2, 0.25) is 5.02 Å². The van der Waals surface area contributed by atoms with Crippen LogP contribution >= 0.6 is 11.6 Å². The van der Waals surface area contributed by atoms with E-state index < -0.39 is 0 Å². The molecule has 1 N–H and O–H groups in total. The number of rotatable bonds is 8. The lowest BCUT2D eigenvalue weighted by molar-refractivity contribution is -0.0142. The normalized spacial score (nSPS) is 28.7. The Bertz CT molecular complexity index is 906. The van der Waals surface area contributed by atoms with E-state index in [1.54, 1.807) is 24.3 Å². The van der Waals surface area contributed by atoms with Gasteiger partial charge in [0.25, 0.3) is 0 Å². The molecule has 0 unspecified atom stereocenters. The maximum Gasteiger partial charge on any atom is 0.163 e. The van der Waals surface area contributed by atoms with Gasteiger partial charge in [-0.2, -0.15) is 0 Å². The van der Waals surface area contributed by atoms with Crippen molar-refractivity contribution < 1.29 is 13.9 Å². The highest BCUT2D eigenvalue weighted by molar-refractivity contribution is 6.31. The summed E-state index contributed by atoms with van der Waals surface area (Å²) in [4.78, 5) is 0. The van der Waals surface area contributed by atoms with Crippen LogP contribution in [0.1, 0.15) is 50.2 Å². The maximum atomic E-state index is 13.9. The van der Waals surface area contributed by atoms with Crippen molar-refractivity contribution in [3.05, 3.63) is 58.4 Å². The molecule has 4 aliphatic carbocycles. The van der Waals surface area contributed by atoms with Crippen LogP contribution in [-0.2, 0) is 13.2 Å². The van der Waals surface area contributed by atoms with Gasteiger partial charge >= 0.3 is 0 Å². The van der Waals surface area contributed by atoms with Gasteiger partial charge in [0.1, 0.15) is 12.4 Å². The summed E-state index contributed by atoms with van der Waals surface area (Å²) in [6.45, 7) is 3.34. The van der Waals surface area contributed by atoms with E-state index in [1.165, 1.54) is 38.2 Å². The van der Waals surface area contributed by atoms with Crippen LogP contribution < -0.4 is 14.8 Å². The lowest BCUT2D eigenvalue weighted by Gasteiger charge is -2.54. The van der Waals surface area contributed by atoms with Gasteiger partial charge in [0.05, 0.1) is 6.61 Å². The van der Waals surface area contributed by atoms with Gasteiger partial charge in [-0.05, 0) is 80.4 Å².